The van der Waals surface area contributed by atoms with Crippen LogP contribution in [0.5, 0.6) is 0 Å². The van der Waals surface area contributed by atoms with Gasteiger partial charge in [0.15, 0.2) is 0 Å². The Morgan fingerprint density at radius 1 is 1.38 bits per heavy atom. The van der Waals surface area contributed by atoms with Crippen LogP contribution < -0.4 is 5.32 Å². The van der Waals surface area contributed by atoms with Crippen LogP contribution in [0.4, 0.5) is 0 Å². The van der Waals surface area contributed by atoms with Crippen molar-refractivity contribution in [1.82, 2.24) is 10.3 Å². The van der Waals surface area contributed by atoms with Gasteiger partial charge in [-0.2, -0.15) is 0 Å². The van der Waals surface area contributed by atoms with Gasteiger partial charge in [-0.3, -0.25) is 0 Å². The molecule has 0 spiro atoms. The topological polar surface area (TPSA) is 73.9 Å². The monoisotopic (exact) mass is 232 g/mol. The summed E-state index contributed by atoms with van der Waals surface area (Å²) in [5.74, 6) is 0. The Morgan fingerprint density at radius 2 is 2.00 bits per heavy atom. The molecule has 0 atom stereocenters. The van der Waals surface area contributed by atoms with E-state index in [9.17, 15) is 5.21 Å². The van der Waals surface area contributed by atoms with E-state index in [0.29, 0.717) is 19.1 Å². The summed E-state index contributed by atoms with van der Waals surface area (Å²) in [5, 5.41) is 27.0. The van der Waals surface area contributed by atoms with Crippen molar-refractivity contribution in [1.29, 1.82) is 0 Å². The Labute approximate surface area is 97.5 Å². The van der Waals surface area contributed by atoms with Crippen molar-refractivity contribution in [3.8, 4) is 0 Å². The van der Waals surface area contributed by atoms with Gasteiger partial charge in [-0.15, -0.1) is 5.01 Å². The van der Waals surface area contributed by atoms with E-state index in [1.165, 1.54) is 5.01 Å². The first-order valence-corrected chi connectivity index (χ1v) is 5.92. The average molecular weight is 232 g/mol. The minimum Gasteiger partial charge on any atom is -0.569 e. The average Bonchev–Trinajstić information content (AvgIpc) is 2.26. The van der Waals surface area contributed by atoms with Crippen LogP contribution in [0.25, 0.3) is 0 Å². The second-order valence-corrected chi connectivity index (χ2v) is 4.11. The SMILES string of the molecule is CCCCN(CCCNC(C)C)/[N+]([O-])=N/O. The van der Waals surface area contributed by atoms with E-state index in [0.717, 1.165) is 25.8 Å². The summed E-state index contributed by atoms with van der Waals surface area (Å²) in [6.07, 6.45) is 2.79. The number of hydrogen-bond donors (Lipinski definition) is 2. The predicted molar refractivity (Wildman–Crippen MR) is 62.1 cm³/mol. The molecule has 0 aromatic carbocycles. The van der Waals surface area contributed by atoms with Crippen LogP contribution in [-0.2, 0) is 0 Å². The molecular weight excluding hydrogens is 208 g/mol. The molecule has 0 unspecified atom stereocenters. The van der Waals surface area contributed by atoms with E-state index in [-0.39, 0.29) is 4.97 Å². The first-order chi connectivity index (χ1) is 7.61. The highest BCUT2D eigenvalue weighted by atomic mass is 16.6. The summed E-state index contributed by atoms with van der Waals surface area (Å²) < 4.78 is 0. The standard InChI is InChI=1S/C10H24N4O2/c1-4-5-8-13(14(16)12-15)9-6-7-11-10(2)3/h10-11,15H,4-9H2,1-3H3/b14-12-. The molecular formula is C10H24N4O2. The van der Waals surface area contributed by atoms with E-state index in [4.69, 9.17) is 5.21 Å². The summed E-state index contributed by atoms with van der Waals surface area (Å²) >= 11 is 0. The molecule has 0 aliphatic carbocycles. The van der Waals surface area contributed by atoms with E-state index in [2.05, 4.69) is 31.4 Å². The number of rotatable bonds is 9. The van der Waals surface area contributed by atoms with Crippen LogP contribution in [0, 0.1) is 5.21 Å². The summed E-state index contributed by atoms with van der Waals surface area (Å²) in [5.41, 5.74) is 0. The van der Waals surface area contributed by atoms with Crippen LogP contribution in [-0.4, -0.2) is 40.9 Å². The maximum atomic E-state index is 11.2. The molecule has 2 N–H and O–H groups in total. The highest BCUT2D eigenvalue weighted by Crippen LogP contribution is 1.98. The number of unbranched alkanes of at least 4 members (excludes halogenated alkanes) is 1. The van der Waals surface area contributed by atoms with Crippen molar-refractivity contribution >= 4 is 0 Å². The van der Waals surface area contributed by atoms with Gasteiger partial charge >= 0.3 is 0 Å². The number of nitrogens with one attached hydrogen (secondary N) is 1. The van der Waals surface area contributed by atoms with Crippen molar-refractivity contribution in [3.05, 3.63) is 5.21 Å². The molecule has 0 heterocycles. The Hall–Kier alpha value is -1.04. The van der Waals surface area contributed by atoms with Crippen LogP contribution in [0.15, 0.2) is 5.28 Å². The smallest absolute Gasteiger partial charge is 0.230 e. The Bertz CT molecular complexity index is 197. The molecule has 0 fully saturated rings. The van der Waals surface area contributed by atoms with E-state index in [1.54, 1.807) is 0 Å². The van der Waals surface area contributed by atoms with Crippen LogP contribution in [0.2, 0.25) is 0 Å². The Balaban J connectivity index is 3.83. The Kier molecular flexibility index (Phi) is 8.61. The first-order valence-electron chi connectivity index (χ1n) is 5.92. The fourth-order valence-electron chi connectivity index (χ4n) is 1.33. The predicted octanol–water partition coefficient (Wildman–Crippen LogP) is 1.74. The fourth-order valence-corrected chi connectivity index (χ4v) is 1.33. The summed E-state index contributed by atoms with van der Waals surface area (Å²) in [6, 6.07) is 0.454. The zero-order chi connectivity index (χ0) is 12.4. The fraction of sp³-hybridized carbons (Fsp3) is 1.00. The molecule has 6 nitrogen and oxygen atoms in total. The summed E-state index contributed by atoms with van der Waals surface area (Å²) in [7, 11) is 0. The van der Waals surface area contributed by atoms with Crippen LogP contribution >= 0.6 is 0 Å². The first kappa shape index (κ1) is 15.0. The molecule has 16 heavy (non-hydrogen) atoms. The molecule has 0 amide bonds. The second kappa shape index (κ2) is 9.21. The molecule has 0 aromatic rings. The van der Waals surface area contributed by atoms with Gasteiger partial charge in [-0.25, -0.2) is 0 Å². The molecule has 0 bridgehead atoms. The largest absolute Gasteiger partial charge is 0.569 e. The minimum absolute atomic E-state index is 0.269. The summed E-state index contributed by atoms with van der Waals surface area (Å²) in [4.78, 5) is 0.269. The van der Waals surface area contributed by atoms with Crippen LogP contribution in [0.1, 0.15) is 40.0 Å². The van der Waals surface area contributed by atoms with Gasteiger partial charge < -0.3 is 15.7 Å². The minimum atomic E-state index is 0.269. The molecule has 0 radical (unpaired) electrons. The van der Waals surface area contributed by atoms with Crippen molar-refractivity contribution in [2.45, 2.75) is 46.1 Å². The Morgan fingerprint density at radius 3 is 2.50 bits per heavy atom. The third kappa shape index (κ3) is 7.28. The van der Waals surface area contributed by atoms with Crippen molar-refractivity contribution in [2.75, 3.05) is 19.6 Å². The van der Waals surface area contributed by atoms with Gasteiger partial charge in [-0.05, 0) is 19.4 Å². The van der Waals surface area contributed by atoms with E-state index >= 15 is 0 Å². The van der Waals surface area contributed by atoms with E-state index in [1.807, 2.05) is 0 Å². The molecule has 0 saturated heterocycles. The van der Waals surface area contributed by atoms with E-state index < -0.39 is 0 Å². The maximum absolute atomic E-state index is 11.2. The molecule has 0 rings (SSSR count). The number of hydrogen-bond acceptors (Lipinski definition) is 3. The lowest BCUT2D eigenvalue weighted by molar-refractivity contribution is -0.709. The molecule has 0 aliphatic heterocycles. The summed E-state index contributed by atoms with van der Waals surface area (Å²) in [6.45, 7) is 8.32. The molecule has 96 valence electrons. The maximum Gasteiger partial charge on any atom is 0.230 e. The van der Waals surface area contributed by atoms with Gasteiger partial charge in [0.05, 0.1) is 18.1 Å². The second-order valence-electron chi connectivity index (χ2n) is 4.11. The normalized spacial score (nSPS) is 12.1. The van der Waals surface area contributed by atoms with Gasteiger partial charge in [0, 0.05) is 6.04 Å². The zero-order valence-corrected chi connectivity index (χ0v) is 10.5. The zero-order valence-electron chi connectivity index (χ0n) is 10.5. The molecule has 0 aromatic heterocycles. The van der Waals surface area contributed by atoms with Crippen molar-refractivity contribution in [3.63, 3.8) is 0 Å². The number of nitrogens with zero attached hydrogens (tertiary/aromatic N) is 3. The quantitative estimate of drug-likeness (QED) is 0.275. The van der Waals surface area contributed by atoms with Crippen LogP contribution in [0.3, 0.4) is 0 Å². The van der Waals surface area contributed by atoms with Gasteiger partial charge in [0.1, 0.15) is 0 Å². The third-order valence-corrected chi connectivity index (χ3v) is 2.23. The highest BCUT2D eigenvalue weighted by Gasteiger charge is 2.11. The highest BCUT2D eigenvalue weighted by molar-refractivity contribution is 4.54. The van der Waals surface area contributed by atoms with Gasteiger partial charge in [0.2, 0.25) is 5.28 Å². The molecule has 0 aliphatic rings. The molecule has 0 saturated carbocycles. The van der Waals surface area contributed by atoms with Gasteiger partial charge in [-0.1, -0.05) is 27.2 Å². The third-order valence-electron chi connectivity index (χ3n) is 2.23. The lowest BCUT2D eigenvalue weighted by Gasteiger charge is -2.17. The van der Waals surface area contributed by atoms with Gasteiger partial charge in [0.25, 0.3) is 0 Å². The van der Waals surface area contributed by atoms with Crippen molar-refractivity contribution in [2.24, 2.45) is 5.28 Å². The van der Waals surface area contributed by atoms with Crippen molar-refractivity contribution < 1.29 is 10.2 Å². The lowest BCUT2D eigenvalue weighted by atomic mass is 10.3. The lowest BCUT2D eigenvalue weighted by Crippen LogP contribution is -2.35. The molecule has 6 heteroatoms. The number of hydrazine groups is 1.